The van der Waals surface area contributed by atoms with Crippen molar-refractivity contribution in [3.05, 3.63) is 109 Å². The number of carbonyl (C=O) groups is 3. The summed E-state index contributed by atoms with van der Waals surface area (Å²) in [5.74, 6) is -3.35. The van der Waals surface area contributed by atoms with E-state index < -0.39 is 38.1 Å². The fraction of sp³-hybridized carbons (Fsp3) is 0.410. The van der Waals surface area contributed by atoms with Crippen LogP contribution in [-0.4, -0.2) is 48.6 Å². The minimum Gasteiger partial charge on any atom is -0.407 e. The van der Waals surface area contributed by atoms with Crippen LogP contribution in [0.5, 0.6) is 0 Å². The molecule has 7 heteroatoms. The van der Waals surface area contributed by atoms with Crippen molar-refractivity contribution in [3.8, 4) is 0 Å². The van der Waals surface area contributed by atoms with Gasteiger partial charge in [-0.2, -0.15) is 0 Å². The summed E-state index contributed by atoms with van der Waals surface area (Å²) < 4.78 is 7.12. The number of Topliss-reactive ketones (excluding diaryl/α,β-unsaturated/α-hetero) is 1. The number of fused-ring (bicyclic) bond motifs is 4. The number of benzene rings is 3. The predicted octanol–water partition coefficient (Wildman–Crippen LogP) is 5.29. The van der Waals surface area contributed by atoms with Crippen LogP contribution in [0.2, 0.25) is 5.04 Å². The largest absolute Gasteiger partial charge is 0.407 e. The van der Waals surface area contributed by atoms with Gasteiger partial charge in [0.15, 0.2) is 0 Å². The molecule has 3 aromatic carbocycles. The van der Waals surface area contributed by atoms with Crippen LogP contribution < -0.4 is 10.4 Å². The zero-order valence-corrected chi connectivity index (χ0v) is 28.0. The van der Waals surface area contributed by atoms with Crippen LogP contribution in [0.3, 0.4) is 0 Å². The number of allylic oxidation sites excluding steroid dienone is 1. The van der Waals surface area contributed by atoms with Crippen molar-refractivity contribution in [2.75, 3.05) is 6.61 Å². The van der Waals surface area contributed by atoms with Gasteiger partial charge in [-0.3, -0.25) is 19.3 Å². The van der Waals surface area contributed by atoms with Crippen LogP contribution in [0, 0.1) is 29.6 Å². The monoisotopic (exact) mass is 635 g/mol. The highest BCUT2D eigenvalue weighted by molar-refractivity contribution is 6.99. The third kappa shape index (κ3) is 5.85. The summed E-state index contributed by atoms with van der Waals surface area (Å²) in [7, 11) is -2.68. The molecule has 46 heavy (non-hydrogen) atoms. The number of hydrogen-bond donors (Lipinski definition) is 1. The molecule has 1 saturated heterocycles. The molecule has 2 bridgehead atoms. The van der Waals surface area contributed by atoms with E-state index in [0.717, 1.165) is 18.4 Å². The summed E-state index contributed by atoms with van der Waals surface area (Å²) in [4.78, 5) is 42.7. The van der Waals surface area contributed by atoms with Crippen LogP contribution in [0.1, 0.15) is 52.0 Å². The second-order valence-corrected chi connectivity index (χ2v) is 18.5. The predicted molar refractivity (Wildman–Crippen MR) is 182 cm³/mol. The molecule has 1 saturated carbocycles. The number of nitrogens with zero attached hydrogens (tertiary/aromatic N) is 1. The van der Waals surface area contributed by atoms with Gasteiger partial charge in [0.1, 0.15) is 5.78 Å². The number of likely N-dealkylation sites (tertiary alicyclic amines) is 1. The lowest BCUT2D eigenvalue weighted by atomic mass is 9.61. The van der Waals surface area contributed by atoms with Crippen molar-refractivity contribution >= 4 is 36.3 Å². The van der Waals surface area contributed by atoms with Crippen molar-refractivity contribution in [3.63, 3.8) is 0 Å². The Hall–Kier alpha value is -3.65. The van der Waals surface area contributed by atoms with E-state index in [2.05, 4.69) is 75.4 Å². The molecule has 3 aromatic rings. The Morgan fingerprint density at radius 2 is 1.39 bits per heavy atom. The third-order valence-electron chi connectivity index (χ3n) is 10.4. The summed E-state index contributed by atoms with van der Waals surface area (Å²) in [6, 6.07) is 30.6. The minimum absolute atomic E-state index is 0.0706. The fourth-order valence-corrected chi connectivity index (χ4v) is 12.9. The van der Waals surface area contributed by atoms with E-state index in [1.54, 1.807) is 0 Å². The molecule has 240 valence electrons. The number of carbonyl (C=O) groups excluding carboxylic acids is 3. The molecule has 2 amide bonds. The SMILES string of the molecule is CC(C)(C)[Si](OCCC[C@H]1/C=C\C[C@H](O)[C@@H]2C(=O)[C@H]1C[C@H]1C(=O)N(Cc3ccccc3)C(=O)[C@@H]21)(c1ccccc1)c1ccccc1. The molecule has 3 aliphatic rings. The molecular formula is C39H45NO5Si. The second-order valence-electron chi connectivity index (χ2n) is 14.2. The molecule has 6 nitrogen and oxygen atoms in total. The number of imide groups is 1. The van der Waals surface area contributed by atoms with Gasteiger partial charge in [0, 0.05) is 12.5 Å². The smallest absolute Gasteiger partial charge is 0.261 e. The normalized spacial score (nSPS) is 27.2. The van der Waals surface area contributed by atoms with Crippen molar-refractivity contribution in [1.82, 2.24) is 4.90 Å². The Bertz CT molecular complexity index is 1530. The van der Waals surface area contributed by atoms with Gasteiger partial charge in [-0.15, -0.1) is 0 Å². The molecule has 1 aliphatic heterocycles. The standard InChI is InChI=1S/C39H45NO5Si/c1-39(2,3)46(29-19-9-5-10-20-29,30-21-11-6-12-22-30)45-24-14-18-28-17-13-23-33(41)35-34-32(25-31(28)36(35)42)37(43)40(38(34)44)26-27-15-7-4-8-16-27/h4-13,15-17,19-22,28,31-35,41H,14,18,23-26H2,1-3H3/b17-13-/t28-,31+,32-,33+,34-,35+/m1/s1. The van der Waals surface area contributed by atoms with Gasteiger partial charge in [0.2, 0.25) is 11.8 Å². The van der Waals surface area contributed by atoms with E-state index in [9.17, 15) is 19.5 Å². The summed E-state index contributed by atoms with van der Waals surface area (Å²) in [6.07, 6.45) is 5.15. The molecule has 2 fully saturated rings. The van der Waals surface area contributed by atoms with E-state index in [1.165, 1.54) is 15.3 Å². The first-order chi connectivity index (χ1) is 22.1. The highest BCUT2D eigenvalue weighted by atomic mass is 28.4. The average molecular weight is 636 g/mol. The number of aliphatic hydroxyl groups is 1. The lowest BCUT2D eigenvalue weighted by molar-refractivity contribution is -0.148. The molecular weight excluding hydrogens is 591 g/mol. The van der Waals surface area contributed by atoms with Gasteiger partial charge in [-0.25, -0.2) is 0 Å². The number of ketones is 1. The van der Waals surface area contributed by atoms with Gasteiger partial charge in [0.25, 0.3) is 8.32 Å². The molecule has 0 spiro atoms. The Balaban J connectivity index is 1.21. The Labute approximate surface area is 273 Å². The summed E-state index contributed by atoms with van der Waals surface area (Å²) >= 11 is 0. The van der Waals surface area contributed by atoms with Crippen molar-refractivity contribution in [2.45, 2.75) is 64.1 Å². The maximum absolute atomic E-state index is 14.1. The summed E-state index contributed by atoms with van der Waals surface area (Å²) in [5.41, 5.74) is 0.868. The van der Waals surface area contributed by atoms with E-state index in [0.29, 0.717) is 19.4 Å². The highest BCUT2D eigenvalue weighted by Gasteiger charge is 2.59. The summed E-state index contributed by atoms with van der Waals surface area (Å²) in [6.45, 7) is 7.52. The van der Waals surface area contributed by atoms with Gasteiger partial charge in [0.05, 0.1) is 30.4 Å². The van der Waals surface area contributed by atoms with Crippen molar-refractivity contribution in [2.24, 2.45) is 29.6 Å². The molecule has 0 radical (unpaired) electrons. The number of amides is 2. The lowest BCUT2D eigenvalue weighted by Crippen LogP contribution is -2.66. The van der Waals surface area contributed by atoms with Gasteiger partial charge in [-0.1, -0.05) is 124 Å². The van der Waals surface area contributed by atoms with E-state index in [1.807, 2.05) is 48.5 Å². The van der Waals surface area contributed by atoms with Crippen LogP contribution >= 0.6 is 0 Å². The number of aliphatic hydroxyl groups excluding tert-OH is 1. The maximum atomic E-state index is 14.1. The van der Waals surface area contributed by atoms with Crippen molar-refractivity contribution < 1.29 is 23.9 Å². The molecule has 0 unspecified atom stereocenters. The lowest BCUT2D eigenvalue weighted by Gasteiger charge is -2.43. The van der Waals surface area contributed by atoms with E-state index in [4.69, 9.17) is 4.43 Å². The Kier molecular flexibility index (Phi) is 9.28. The maximum Gasteiger partial charge on any atom is 0.261 e. The minimum atomic E-state index is -2.68. The highest BCUT2D eigenvalue weighted by Crippen LogP contribution is 2.48. The summed E-state index contributed by atoms with van der Waals surface area (Å²) in [5, 5.41) is 13.5. The Morgan fingerprint density at radius 3 is 1.98 bits per heavy atom. The zero-order valence-electron chi connectivity index (χ0n) is 27.0. The molecule has 6 rings (SSSR count). The van der Waals surface area contributed by atoms with E-state index in [-0.39, 0.29) is 35.1 Å². The molecule has 1 N–H and O–H groups in total. The average Bonchev–Trinajstić information content (AvgIpc) is 3.28. The van der Waals surface area contributed by atoms with Gasteiger partial charge in [-0.05, 0) is 52.6 Å². The third-order valence-corrected chi connectivity index (χ3v) is 15.5. The topological polar surface area (TPSA) is 83.9 Å². The molecule has 6 atom stereocenters. The second kappa shape index (κ2) is 13.2. The molecule has 2 aliphatic carbocycles. The number of hydrogen-bond acceptors (Lipinski definition) is 5. The Morgan fingerprint density at radius 1 is 0.804 bits per heavy atom. The van der Waals surface area contributed by atoms with Crippen LogP contribution in [0.4, 0.5) is 0 Å². The molecule has 1 heterocycles. The van der Waals surface area contributed by atoms with Crippen LogP contribution in [0.25, 0.3) is 0 Å². The first kappa shape index (κ1) is 32.3. The van der Waals surface area contributed by atoms with Crippen molar-refractivity contribution in [1.29, 1.82) is 0 Å². The quantitative estimate of drug-likeness (QED) is 0.150. The number of rotatable bonds is 9. The fourth-order valence-electron chi connectivity index (χ4n) is 8.29. The first-order valence-electron chi connectivity index (χ1n) is 16.7. The van der Waals surface area contributed by atoms with Crippen LogP contribution in [0.15, 0.2) is 103 Å². The van der Waals surface area contributed by atoms with Crippen LogP contribution in [-0.2, 0) is 25.4 Å². The first-order valence-corrected chi connectivity index (χ1v) is 18.6. The van der Waals surface area contributed by atoms with E-state index >= 15 is 0 Å². The zero-order chi connectivity index (χ0) is 32.5. The molecule has 0 aromatic heterocycles. The van der Waals surface area contributed by atoms with Gasteiger partial charge >= 0.3 is 0 Å². The van der Waals surface area contributed by atoms with Gasteiger partial charge < -0.3 is 9.53 Å².